The molecule has 0 saturated heterocycles. The van der Waals surface area contributed by atoms with Crippen LogP contribution in [0.5, 0.6) is 0 Å². The highest BCUT2D eigenvalue weighted by molar-refractivity contribution is 9.10. The van der Waals surface area contributed by atoms with E-state index in [2.05, 4.69) is 26.2 Å². The van der Waals surface area contributed by atoms with E-state index in [4.69, 9.17) is 5.11 Å². The van der Waals surface area contributed by atoms with Crippen molar-refractivity contribution in [1.29, 1.82) is 0 Å². The minimum absolute atomic E-state index is 0.292. The third-order valence-corrected chi connectivity index (χ3v) is 2.66. The van der Waals surface area contributed by atoms with E-state index in [1.54, 1.807) is 13.0 Å². The van der Waals surface area contributed by atoms with E-state index in [0.29, 0.717) is 5.69 Å². The fourth-order valence-corrected chi connectivity index (χ4v) is 1.28. The summed E-state index contributed by atoms with van der Waals surface area (Å²) in [5, 5.41) is 10.9. The van der Waals surface area contributed by atoms with Crippen LogP contribution in [0.15, 0.2) is 16.6 Å². The molecule has 0 aliphatic heterocycles. The van der Waals surface area contributed by atoms with Crippen LogP contribution in [0.25, 0.3) is 0 Å². The van der Waals surface area contributed by atoms with Crippen LogP contribution < -0.4 is 5.32 Å². The van der Waals surface area contributed by atoms with Crippen LogP contribution in [0, 0.1) is 6.92 Å². The second-order valence-electron chi connectivity index (χ2n) is 2.97. The lowest BCUT2D eigenvalue weighted by Gasteiger charge is -2.11. The Kier molecular flexibility index (Phi) is 3.46. The number of nitrogens with zero attached hydrogens (tertiary/aromatic N) is 1. The first-order valence-corrected chi connectivity index (χ1v) is 4.92. The van der Waals surface area contributed by atoms with Crippen molar-refractivity contribution in [3.8, 4) is 0 Å². The molecule has 1 aromatic rings. The van der Waals surface area contributed by atoms with Gasteiger partial charge < -0.3 is 10.4 Å². The summed E-state index contributed by atoms with van der Waals surface area (Å²) in [7, 11) is 0. The normalized spacial score (nSPS) is 12.2. The van der Waals surface area contributed by atoms with Crippen LogP contribution in [-0.4, -0.2) is 16.2 Å². The monoisotopic (exact) mass is 258 g/mol. The first-order chi connectivity index (χ1) is 6.50. The van der Waals surface area contributed by atoms with Crippen LogP contribution in [0.4, 0.5) is 4.79 Å². The van der Waals surface area contributed by atoms with E-state index in [1.165, 1.54) is 0 Å². The maximum atomic E-state index is 10.4. The lowest BCUT2D eigenvalue weighted by Crippen LogP contribution is -2.25. The SMILES string of the molecule is Cc1nc(C(C)NC(=O)O)ccc1Br. The molecule has 0 fully saturated rings. The lowest BCUT2D eigenvalue weighted by molar-refractivity contribution is 0.190. The summed E-state index contributed by atoms with van der Waals surface area (Å²) >= 11 is 3.33. The third-order valence-electron chi connectivity index (χ3n) is 1.83. The molecule has 1 amide bonds. The number of pyridine rings is 1. The van der Waals surface area contributed by atoms with E-state index in [9.17, 15) is 4.79 Å². The third kappa shape index (κ3) is 2.70. The molecule has 0 saturated carbocycles. The Hall–Kier alpha value is -1.10. The highest BCUT2D eigenvalue weighted by atomic mass is 79.9. The molecule has 1 atom stereocenters. The maximum absolute atomic E-state index is 10.4. The van der Waals surface area contributed by atoms with E-state index in [1.807, 2.05) is 13.0 Å². The number of carbonyl (C=O) groups is 1. The Morgan fingerprint density at radius 1 is 1.64 bits per heavy atom. The van der Waals surface area contributed by atoms with E-state index >= 15 is 0 Å². The molecule has 76 valence electrons. The Labute approximate surface area is 90.5 Å². The second-order valence-corrected chi connectivity index (χ2v) is 3.83. The van der Waals surface area contributed by atoms with Crippen molar-refractivity contribution in [2.45, 2.75) is 19.9 Å². The Bertz CT molecular complexity index is 355. The van der Waals surface area contributed by atoms with Crippen molar-refractivity contribution in [2.24, 2.45) is 0 Å². The molecule has 0 spiro atoms. The predicted octanol–water partition coefficient (Wildman–Crippen LogP) is 2.48. The van der Waals surface area contributed by atoms with Crippen LogP contribution in [0.2, 0.25) is 0 Å². The first kappa shape index (κ1) is 11.0. The van der Waals surface area contributed by atoms with Gasteiger partial charge in [-0.15, -0.1) is 0 Å². The summed E-state index contributed by atoms with van der Waals surface area (Å²) in [6, 6.07) is 3.36. The summed E-state index contributed by atoms with van der Waals surface area (Å²) in [5.41, 5.74) is 1.56. The molecule has 2 N–H and O–H groups in total. The predicted molar refractivity (Wildman–Crippen MR) is 56.2 cm³/mol. The van der Waals surface area contributed by atoms with Gasteiger partial charge in [0.25, 0.3) is 0 Å². The fourth-order valence-electron chi connectivity index (χ4n) is 1.06. The van der Waals surface area contributed by atoms with Gasteiger partial charge in [-0.05, 0) is 41.9 Å². The zero-order chi connectivity index (χ0) is 10.7. The molecule has 1 unspecified atom stereocenters. The second kappa shape index (κ2) is 4.41. The molecule has 1 heterocycles. The molecule has 4 nitrogen and oxygen atoms in total. The van der Waals surface area contributed by atoms with Crippen molar-refractivity contribution in [1.82, 2.24) is 10.3 Å². The minimum atomic E-state index is -1.04. The van der Waals surface area contributed by atoms with Crippen LogP contribution >= 0.6 is 15.9 Å². The van der Waals surface area contributed by atoms with Crippen molar-refractivity contribution >= 4 is 22.0 Å². The van der Waals surface area contributed by atoms with Gasteiger partial charge in [-0.1, -0.05) is 0 Å². The van der Waals surface area contributed by atoms with Gasteiger partial charge in [0.1, 0.15) is 0 Å². The minimum Gasteiger partial charge on any atom is -0.465 e. The largest absolute Gasteiger partial charge is 0.465 e. The summed E-state index contributed by atoms with van der Waals surface area (Å²) in [4.78, 5) is 14.6. The highest BCUT2D eigenvalue weighted by Crippen LogP contribution is 2.17. The molecule has 14 heavy (non-hydrogen) atoms. The molecule has 0 radical (unpaired) electrons. The van der Waals surface area contributed by atoms with E-state index < -0.39 is 6.09 Å². The number of aryl methyl sites for hydroxylation is 1. The summed E-state index contributed by atoms with van der Waals surface area (Å²) in [6.07, 6.45) is -1.04. The Balaban J connectivity index is 2.85. The van der Waals surface area contributed by atoms with Gasteiger partial charge in [0.15, 0.2) is 0 Å². The number of hydrogen-bond donors (Lipinski definition) is 2. The van der Waals surface area contributed by atoms with E-state index in [-0.39, 0.29) is 6.04 Å². The zero-order valence-electron chi connectivity index (χ0n) is 7.91. The molecule has 0 bridgehead atoms. The summed E-state index contributed by atoms with van der Waals surface area (Å²) in [6.45, 7) is 3.62. The number of carboxylic acid groups (broad SMARTS) is 1. The molecule has 0 aromatic carbocycles. The van der Waals surface area contributed by atoms with Gasteiger partial charge in [-0.2, -0.15) is 0 Å². The van der Waals surface area contributed by atoms with Crippen LogP contribution in [0.3, 0.4) is 0 Å². The van der Waals surface area contributed by atoms with E-state index in [0.717, 1.165) is 10.2 Å². The van der Waals surface area contributed by atoms with Gasteiger partial charge in [-0.3, -0.25) is 4.98 Å². The van der Waals surface area contributed by atoms with Crippen molar-refractivity contribution in [3.63, 3.8) is 0 Å². The fraction of sp³-hybridized carbons (Fsp3) is 0.333. The topological polar surface area (TPSA) is 62.2 Å². The van der Waals surface area contributed by atoms with Gasteiger partial charge in [-0.25, -0.2) is 4.79 Å². The molecule has 0 aliphatic rings. The molecular weight excluding hydrogens is 248 g/mol. The molecule has 5 heteroatoms. The summed E-state index contributed by atoms with van der Waals surface area (Å²) in [5.74, 6) is 0. The van der Waals surface area contributed by atoms with Crippen LogP contribution in [-0.2, 0) is 0 Å². The smallest absolute Gasteiger partial charge is 0.405 e. The number of nitrogens with one attached hydrogen (secondary N) is 1. The average molecular weight is 259 g/mol. The number of hydrogen-bond acceptors (Lipinski definition) is 2. The van der Waals surface area contributed by atoms with Crippen molar-refractivity contribution in [3.05, 3.63) is 28.0 Å². The molecule has 0 aliphatic carbocycles. The number of aromatic nitrogens is 1. The van der Waals surface area contributed by atoms with Gasteiger partial charge in [0.05, 0.1) is 17.4 Å². The number of halogens is 1. The van der Waals surface area contributed by atoms with Crippen molar-refractivity contribution in [2.75, 3.05) is 0 Å². The number of rotatable bonds is 2. The van der Waals surface area contributed by atoms with Gasteiger partial charge in [0, 0.05) is 4.47 Å². The average Bonchev–Trinajstić information content (AvgIpc) is 2.08. The van der Waals surface area contributed by atoms with Crippen molar-refractivity contribution < 1.29 is 9.90 Å². The van der Waals surface area contributed by atoms with Gasteiger partial charge in [0.2, 0.25) is 0 Å². The Morgan fingerprint density at radius 3 is 2.79 bits per heavy atom. The maximum Gasteiger partial charge on any atom is 0.405 e. The first-order valence-electron chi connectivity index (χ1n) is 4.13. The molecule has 1 rings (SSSR count). The van der Waals surface area contributed by atoms with Crippen LogP contribution in [0.1, 0.15) is 24.4 Å². The van der Waals surface area contributed by atoms with Gasteiger partial charge >= 0.3 is 6.09 Å². The number of amides is 1. The lowest BCUT2D eigenvalue weighted by atomic mass is 10.2. The molecule has 1 aromatic heterocycles. The Morgan fingerprint density at radius 2 is 2.29 bits per heavy atom. The zero-order valence-corrected chi connectivity index (χ0v) is 9.50. The quantitative estimate of drug-likeness (QED) is 0.857. The summed E-state index contributed by atoms with van der Waals surface area (Å²) < 4.78 is 0.920. The highest BCUT2D eigenvalue weighted by Gasteiger charge is 2.09. The standard InChI is InChI=1S/C9H11BrN2O2/c1-5-7(10)3-4-8(11-5)6(2)12-9(13)14/h3-4,6,12H,1-2H3,(H,13,14). The molecular formula is C9H11BrN2O2.